The molecule has 2 fully saturated rings. The molecule has 2 aromatic rings. The van der Waals surface area contributed by atoms with Gasteiger partial charge < -0.3 is 14.8 Å². The van der Waals surface area contributed by atoms with Crippen LogP contribution in [-0.4, -0.2) is 58.2 Å². The number of carbonyl (C=O) groups excluding carboxylic acids is 1. The van der Waals surface area contributed by atoms with Crippen LogP contribution in [0.3, 0.4) is 0 Å². The highest BCUT2D eigenvalue weighted by Crippen LogP contribution is 2.53. The number of allylic oxidation sites excluding steroid dienone is 2. The monoisotopic (exact) mass is 489 g/mol. The second-order valence-electron chi connectivity index (χ2n) is 9.28. The number of ether oxygens (including phenoxy) is 2. The van der Waals surface area contributed by atoms with E-state index in [1.165, 1.54) is 12.4 Å². The number of methoxy groups -OCH3 is 1. The number of carbonyl (C=O) groups is 1. The van der Waals surface area contributed by atoms with Crippen molar-refractivity contribution in [1.82, 2.24) is 20.1 Å². The largest absolute Gasteiger partial charge is 0.495 e. The van der Waals surface area contributed by atoms with E-state index >= 15 is 0 Å². The van der Waals surface area contributed by atoms with E-state index in [0.717, 1.165) is 21.5 Å². The molecule has 2 saturated heterocycles. The average Bonchev–Trinajstić information content (AvgIpc) is 3.31. The molecule has 35 heavy (non-hydrogen) atoms. The number of hydrogen-bond acceptors (Lipinski definition) is 6. The van der Waals surface area contributed by atoms with Crippen molar-refractivity contribution in [1.29, 1.82) is 0 Å². The van der Waals surface area contributed by atoms with Crippen LogP contribution in [0.4, 0.5) is 18.9 Å². The number of hydrogen-bond donors (Lipinski definition) is 1. The third-order valence-corrected chi connectivity index (χ3v) is 7.21. The summed E-state index contributed by atoms with van der Waals surface area (Å²) in [5.41, 5.74) is 1.69. The molecule has 1 atom stereocenters. The molecule has 0 radical (unpaired) electrons. The molecular weight excluding hydrogens is 463 g/mol. The highest BCUT2D eigenvalue weighted by atomic mass is 19.4. The molecular formula is C24H26F3N5O3. The first kappa shape index (κ1) is 23.4. The maximum absolute atomic E-state index is 13.9. The van der Waals surface area contributed by atoms with E-state index in [4.69, 9.17) is 9.47 Å². The Labute approximate surface area is 200 Å². The number of rotatable bonds is 4. The standard InChI is InChI=1S/C24H26F3N5O3/c1-15-8-19(16-9-18(34-3)12-28-10-16)30-22(2)20(15)21(33)32(23(22)4-6-35-7-5-23)17-11-29-31(13-17)14-24(25,26)27/h8-13,30H,4-7,14H2,1-3H3. The number of aromatic nitrogens is 3. The van der Waals surface area contributed by atoms with Crippen molar-refractivity contribution in [3.8, 4) is 5.75 Å². The van der Waals surface area contributed by atoms with Crippen molar-refractivity contribution in [2.45, 2.75) is 50.5 Å². The second kappa shape index (κ2) is 8.11. The maximum Gasteiger partial charge on any atom is 0.408 e. The number of nitrogens with one attached hydrogen (secondary N) is 1. The van der Waals surface area contributed by atoms with Gasteiger partial charge in [-0.2, -0.15) is 18.3 Å². The van der Waals surface area contributed by atoms with Gasteiger partial charge in [0.25, 0.3) is 5.91 Å². The number of pyridine rings is 1. The molecule has 1 spiro atoms. The van der Waals surface area contributed by atoms with Gasteiger partial charge in [-0.05, 0) is 44.4 Å². The fraction of sp³-hybridized carbons (Fsp3) is 0.458. The van der Waals surface area contributed by atoms with Gasteiger partial charge in [0.05, 0.1) is 36.3 Å². The summed E-state index contributed by atoms with van der Waals surface area (Å²) in [4.78, 5) is 19.8. The van der Waals surface area contributed by atoms with Gasteiger partial charge in [0, 0.05) is 42.4 Å². The molecule has 0 saturated carbocycles. The van der Waals surface area contributed by atoms with E-state index in [9.17, 15) is 18.0 Å². The lowest BCUT2D eigenvalue weighted by atomic mass is 9.69. The van der Waals surface area contributed by atoms with Crippen molar-refractivity contribution in [3.63, 3.8) is 0 Å². The first-order valence-corrected chi connectivity index (χ1v) is 11.3. The molecule has 8 nitrogen and oxygen atoms in total. The van der Waals surface area contributed by atoms with Gasteiger partial charge in [0.1, 0.15) is 12.3 Å². The number of dihydropyridines is 1. The van der Waals surface area contributed by atoms with Crippen LogP contribution in [0.15, 0.2) is 48.1 Å². The first-order valence-electron chi connectivity index (χ1n) is 11.3. The minimum atomic E-state index is -4.42. The Bertz CT molecular complexity index is 1230. The summed E-state index contributed by atoms with van der Waals surface area (Å²) in [7, 11) is 1.57. The van der Waals surface area contributed by atoms with Crippen LogP contribution in [0.25, 0.3) is 5.70 Å². The zero-order chi connectivity index (χ0) is 25.0. The summed E-state index contributed by atoms with van der Waals surface area (Å²) >= 11 is 0. The molecule has 3 aliphatic rings. The summed E-state index contributed by atoms with van der Waals surface area (Å²) in [5, 5.41) is 7.51. The molecule has 1 unspecified atom stereocenters. The van der Waals surface area contributed by atoms with Crippen LogP contribution in [0.5, 0.6) is 5.75 Å². The number of anilines is 1. The van der Waals surface area contributed by atoms with Crippen molar-refractivity contribution >= 4 is 17.3 Å². The van der Waals surface area contributed by atoms with Gasteiger partial charge >= 0.3 is 6.18 Å². The summed E-state index contributed by atoms with van der Waals surface area (Å²) < 4.78 is 50.7. The van der Waals surface area contributed by atoms with Gasteiger partial charge in [-0.25, -0.2) is 0 Å². The predicted octanol–water partition coefficient (Wildman–Crippen LogP) is 3.46. The third kappa shape index (κ3) is 3.69. The topological polar surface area (TPSA) is 81.5 Å². The van der Waals surface area contributed by atoms with Crippen LogP contribution in [0, 0.1) is 0 Å². The molecule has 5 rings (SSSR count). The number of fused-ring (bicyclic) bond motifs is 2. The van der Waals surface area contributed by atoms with Gasteiger partial charge in [0.15, 0.2) is 0 Å². The Morgan fingerprint density at radius 2 is 1.97 bits per heavy atom. The SMILES string of the molecule is COc1cncc(C2=CC(C)=C3C(=O)N(c4cnn(CC(F)(F)F)c4)C4(CCOCC4)C3(C)N2)c1. The third-order valence-electron chi connectivity index (χ3n) is 7.21. The zero-order valence-corrected chi connectivity index (χ0v) is 19.6. The summed E-state index contributed by atoms with van der Waals surface area (Å²) in [6.07, 6.45) is 4.45. The quantitative estimate of drug-likeness (QED) is 0.709. The first-order chi connectivity index (χ1) is 16.6. The lowest BCUT2D eigenvalue weighted by Gasteiger charge is -2.51. The van der Waals surface area contributed by atoms with E-state index in [1.807, 2.05) is 26.0 Å². The molecule has 5 heterocycles. The van der Waals surface area contributed by atoms with E-state index in [1.54, 1.807) is 24.4 Å². The Morgan fingerprint density at radius 1 is 1.23 bits per heavy atom. The lowest BCUT2D eigenvalue weighted by Crippen LogP contribution is -2.66. The van der Waals surface area contributed by atoms with E-state index in [0.29, 0.717) is 43.1 Å². The number of halogens is 3. The Hall–Kier alpha value is -3.34. The average molecular weight is 489 g/mol. The summed E-state index contributed by atoms with van der Waals surface area (Å²) in [6, 6.07) is 1.86. The molecule has 0 aromatic carbocycles. The summed E-state index contributed by atoms with van der Waals surface area (Å²) in [5.74, 6) is 0.356. The zero-order valence-electron chi connectivity index (χ0n) is 19.6. The van der Waals surface area contributed by atoms with E-state index in [2.05, 4.69) is 15.4 Å². The number of nitrogens with zero attached hydrogens (tertiary/aromatic N) is 4. The van der Waals surface area contributed by atoms with Gasteiger partial charge in [-0.15, -0.1) is 0 Å². The molecule has 1 amide bonds. The van der Waals surface area contributed by atoms with Crippen LogP contribution >= 0.6 is 0 Å². The molecule has 2 aromatic heterocycles. The van der Waals surface area contributed by atoms with Crippen molar-refractivity contribution in [3.05, 3.63) is 53.6 Å². The number of alkyl halides is 3. The van der Waals surface area contributed by atoms with Crippen molar-refractivity contribution in [2.75, 3.05) is 25.2 Å². The fourth-order valence-corrected chi connectivity index (χ4v) is 5.68. The van der Waals surface area contributed by atoms with Crippen LogP contribution in [0.1, 0.15) is 32.3 Å². The van der Waals surface area contributed by atoms with E-state index in [-0.39, 0.29) is 5.91 Å². The van der Waals surface area contributed by atoms with Crippen molar-refractivity contribution < 1.29 is 27.4 Å². The fourth-order valence-electron chi connectivity index (χ4n) is 5.68. The normalized spacial score (nSPS) is 23.9. The molecule has 0 bridgehead atoms. The van der Waals surface area contributed by atoms with Gasteiger partial charge in [-0.3, -0.25) is 19.4 Å². The Morgan fingerprint density at radius 3 is 2.66 bits per heavy atom. The van der Waals surface area contributed by atoms with Gasteiger partial charge in [-0.1, -0.05) is 0 Å². The molecule has 1 N–H and O–H groups in total. The number of amides is 1. The highest BCUT2D eigenvalue weighted by molar-refractivity contribution is 6.14. The summed E-state index contributed by atoms with van der Waals surface area (Å²) in [6.45, 7) is 3.48. The molecule has 11 heteroatoms. The molecule has 0 aliphatic carbocycles. The van der Waals surface area contributed by atoms with Crippen LogP contribution < -0.4 is 15.0 Å². The van der Waals surface area contributed by atoms with Crippen LogP contribution in [0.2, 0.25) is 0 Å². The highest BCUT2D eigenvalue weighted by Gasteiger charge is 2.65. The predicted molar refractivity (Wildman–Crippen MR) is 122 cm³/mol. The maximum atomic E-state index is 13.9. The Kier molecular flexibility index (Phi) is 5.42. The molecule has 186 valence electrons. The van der Waals surface area contributed by atoms with E-state index < -0.39 is 23.8 Å². The smallest absolute Gasteiger partial charge is 0.408 e. The van der Waals surface area contributed by atoms with Crippen LogP contribution in [-0.2, 0) is 16.1 Å². The second-order valence-corrected chi connectivity index (χ2v) is 9.28. The van der Waals surface area contributed by atoms with Gasteiger partial charge in [0.2, 0.25) is 0 Å². The minimum absolute atomic E-state index is 0.245. The Balaban J connectivity index is 1.61. The minimum Gasteiger partial charge on any atom is -0.495 e. The lowest BCUT2D eigenvalue weighted by molar-refractivity contribution is -0.142. The molecule has 3 aliphatic heterocycles. The van der Waals surface area contributed by atoms with Crippen molar-refractivity contribution in [2.24, 2.45) is 0 Å².